The van der Waals surface area contributed by atoms with Crippen molar-refractivity contribution < 1.29 is 24.2 Å². The number of fused-ring (bicyclic) bond motifs is 1. The molecule has 2 bridgehead atoms. The Labute approximate surface area is 226 Å². The Kier molecular flexibility index (Phi) is 9.29. The van der Waals surface area contributed by atoms with Crippen LogP contribution in [0.5, 0.6) is 0 Å². The van der Waals surface area contributed by atoms with E-state index in [4.69, 9.17) is 4.74 Å². The Morgan fingerprint density at radius 1 is 1.22 bits per heavy atom. The van der Waals surface area contributed by atoms with Crippen LogP contribution in [0, 0.1) is 17.8 Å². The van der Waals surface area contributed by atoms with Gasteiger partial charge in [0.15, 0.2) is 0 Å². The molecule has 4 fully saturated rings. The highest BCUT2D eigenvalue weighted by Crippen LogP contribution is 2.68. The van der Waals surface area contributed by atoms with E-state index in [0.717, 1.165) is 26.1 Å². The summed E-state index contributed by atoms with van der Waals surface area (Å²) in [4.78, 5) is 45.2. The van der Waals surface area contributed by atoms with E-state index in [1.807, 2.05) is 6.92 Å². The van der Waals surface area contributed by atoms with Gasteiger partial charge in [-0.15, -0.1) is 11.8 Å². The SMILES string of the molecule is CCCNC(=O)[C@H]1[C@H]2C(=O)N([C@@H](CO)CC(C)C)C(C(=O)NCCN3CCOCC3)C23CC(Br)[C@@H]1S3. The van der Waals surface area contributed by atoms with Crippen molar-refractivity contribution in [3.8, 4) is 0 Å². The van der Waals surface area contributed by atoms with Gasteiger partial charge in [-0.05, 0) is 25.2 Å². The van der Waals surface area contributed by atoms with E-state index in [9.17, 15) is 19.5 Å². The summed E-state index contributed by atoms with van der Waals surface area (Å²) in [5.41, 5.74) is 0. The zero-order valence-electron chi connectivity index (χ0n) is 21.6. The molecule has 0 aromatic rings. The molecule has 3 unspecified atom stereocenters. The number of carbonyl (C=O) groups is 3. The fourth-order valence-electron chi connectivity index (χ4n) is 6.50. The lowest BCUT2D eigenvalue weighted by atomic mass is 9.70. The van der Waals surface area contributed by atoms with E-state index in [2.05, 4.69) is 45.3 Å². The Hall–Kier alpha value is -0.880. The number of halogens is 1. The van der Waals surface area contributed by atoms with Crippen molar-refractivity contribution in [2.75, 3.05) is 52.5 Å². The molecule has 0 aromatic carbocycles. The van der Waals surface area contributed by atoms with Gasteiger partial charge in [-0.1, -0.05) is 36.7 Å². The van der Waals surface area contributed by atoms with Crippen molar-refractivity contribution in [3.05, 3.63) is 0 Å². The number of amides is 3. The van der Waals surface area contributed by atoms with Crippen molar-refractivity contribution >= 4 is 45.4 Å². The van der Waals surface area contributed by atoms with E-state index in [1.54, 1.807) is 16.7 Å². The van der Waals surface area contributed by atoms with Crippen LogP contribution in [0.2, 0.25) is 0 Å². The van der Waals surface area contributed by atoms with Gasteiger partial charge in [0.2, 0.25) is 17.7 Å². The van der Waals surface area contributed by atoms with Gasteiger partial charge in [-0.25, -0.2) is 0 Å². The summed E-state index contributed by atoms with van der Waals surface area (Å²) in [5, 5.41) is 16.4. The normalized spacial score (nSPS) is 34.8. The minimum atomic E-state index is -0.713. The van der Waals surface area contributed by atoms with Crippen molar-refractivity contribution in [1.29, 1.82) is 0 Å². The summed E-state index contributed by atoms with van der Waals surface area (Å²) >= 11 is 5.43. The fraction of sp³-hybridized carbons (Fsp3) is 0.880. The lowest BCUT2D eigenvalue weighted by molar-refractivity contribution is -0.143. The molecule has 11 heteroatoms. The van der Waals surface area contributed by atoms with Crippen LogP contribution in [-0.2, 0) is 19.1 Å². The fourth-order valence-corrected chi connectivity index (χ4v) is 10.1. The van der Waals surface area contributed by atoms with Gasteiger partial charge in [0, 0.05) is 42.8 Å². The number of likely N-dealkylation sites (tertiary alicyclic amines) is 1. The van der Waals surface area contributed by atoms with Gasteiger partial charge >= 0.3 is 0 Å². The smallest absolute Gasteiger partial charge is 0.244 e. The monoisotopic (exact) mass is 588 g/mol. The van der Waals surface area contributed by atoms with Crippen LogP contribution in [0.25, 0.3) is 0 Å². The minimum absolute atomic E-state index is 0.0465. The maximum Gasteiger partial charge on any atom is 0.244 e. The van der Waals surface area contributed by atoms with Crippen LogP contribution in [0.15, 0.2) is 0 Å². The predicted octanol–water partition coefficient (Wildman–Crippen LogP) is 0.833. The number of alkyl halides is 1. The number of hydrogen-bond acceptors (Lipinski definition) is 7. The minimum Gasteiger partial charge on any atom is -0.394 e. The highest BCUT2D eigenvalue weighted by atomic mass is 79.9. The van der Waals surface area contributed by atoms with Crippen molar-refractivity contribution in [1.82, 2.24) is 20.4 Å². The second-order valence-electron chi connectivity index (χ2n) is 10.9. The summed E-state index contributed by atoms with van der Waals surface area (Å²) in [5.74, 6) is -1.24. The number of rotatable bonds is 11. The summed E-state index contributed by atoms with van der Waals surface area (Å²) < 4.78 is 4.73. The lowest BCUT2D eigenvalue weighted by Crippen LogP contribution is -2.57. The molecular formula is C25H41BrN4O5S. The number of nitrogens with one attached hydrogen (secondary N) is 2. The average molecular weight is 590 g/mol. The molecule has 0 radical (unpaired) electrons. The number of aliphatic hydroxyl groups excluding tert-OH is 1. The average Bonchev–Trinajstić information content (AvgIpc) is 3.45. The Morgan fingerprint density at radius 2 is 1.92 bits per heavy atom. The summed E-state index contributed by atoms with van der Waals surface area (Å²) in [7, 11) is 0. The molecule has 36 heavy (non-hydrogen) atoms. The number of carbonyl (C=O) groups excluding carboxylic acids is 3. The number of thioether (sulfide) groups is 1. The Balaban J connectivity index is 1.61. The Morgan fingerprint density at radius 3 is 2.56 bits per heavy atom. The number of hydrogen-bond donors (Lipinski definition) is 3. The van der Waals surface area contributed by atoms with E-state index in [0.29, 0.717) is 39.1 Å². The first-order valence-corrected chi connectivity index (χ1v) is 15.1. The molecular weight excluding hydrogens is 548 g/mol. The third-order valence-electron chi connectivity index (χ3n) is 8.01. The highest BCUT2D eigenvalue weighted by molar-refractivity contribution is 9.09. The standard InChI is InChI=1S/C25H41BrN4O5S/c1-4-5-27-22(32)18-19-24(34)30(16(14-31)12-15(2)3)21(25(19)13-17(26)20(18)36-25)23(33)28-6-7-29-8-10-35-11-9-29/h15-21,31H,4-14H2,1-3H3,(H,27,32)(H,28,33)/t16-,17?,18+,19+,20+,21?,25?/m1/s1. The topological polar surface area (TPSA) is 111 Å². The molecule has 9 nitrogen and oxygen atoms in total. The van der Waals surface area contributed by atoms with Crippen LogP contribution in [0.1, 0.15) is 40.0 Å². The highest BCUT2D eigenvalue weighted by Gasteiger charge is 2.76. The molecule has 4 aliphatic heterocycles. The van der Waals surface area contributed by atoms with E-state index in [-0.39, 0.29) is 40.3 Å². The quantitative estimate of drug-likeness (QED) is 0.307. The maximum absolute atomic E-state index is 14.1. The van der Waals surface area contributed by atoms with Crippen molar-refractivity contribution in [3.63, 3.8) is 0 Å². The third-order valence-corrected chi connectivity index (χ3v) is 11.2. The second kappa shape index (κ2) is 11.9. The zero-order chi connectivity index (χ0) is 26.0. The predicted molar refractivity (Wildman–Crippen MR) is 143 cm³/mol. The molecule has 3 N–H and O–H groups in total. The molecule has 0 aromatic heterocycles. The molecule has 4 heterocycles. The van der Waals surface area contributed by atoms with Crippen LogP contribution < -0.4 is 10.6 Å². The van der Waals surface area contributed by atoms with E-state index < -0.39 is 28.7 Å². The maximum atomic E-state index is 14.1. The van der Waals surface area contributed by atoms with Crippen LogP contribution in [0.4, 0.5) is 0 Å². The third kappa shape index (κ3) is 5.19. The molecule has 0 saturated carbocycles. The second-order valence-corrected chi connectivity index (χ2v) is 13.6. The molecule has 0 aliphatic carbocycles. The van der Waals surface area contributed by atoms with E-state index in [1.165, 1.54) is 0 Å². The molecule has 4 aliphatic rings. The zero-order valence-corrected chi connectivity index (χ0v) is 24.0. The van der Waals surface area contributed by atoms with Crippen LogP contribution >= 0.6 is 27.7 Å². The molecule has 4 rings (SSSR count). The van der Waals surface area contributed by atoms with Crippen molar-refractivity contribution in [2.45, 2.75) is 66.9 Å². The number of nitrogens with zero attached hydrogens (tertiary/aromatic N) is 2. The summed E-state index contributed by atoms with van der Waals surface area (Å²) in [6, 6.07) is -1.17. The number of ether oxygens (including phenoxy) is 1. The molecule has 4 saturated heterocycles. The number of morpholine rings is 1. The van der Waals surface area contributed by atoms with Crippen LogP contribution in [0.3, 0.4) is 0 Å². The van der Waals surface area contributed by atoms with Gasteiger partial charge in [-0.2, -0.15) is 0 Å². The largest absolute Gasteiger partial charge is 0.394 e. The van der Waals surface area contributed by atoms with Crippen molar-refractivity contribution in [2.24, 2.45) is 17.8 Å². The molecule has 7 atom stereocenters. The van der Waals surface area contributed by atoms with Gasteiger partial charge in [0.05, 0.1) is 42.4 Å². The van der Waals surface area contributed by atoms with Gasteiger partial charge in [0.25, 0.3) is 0 Å². The number of aliphatic hydroxyl groups is 1. The Bertz CT molecular complexity index is 828. The first-order chi connectivity index (χ1) is 17.2. The molecule has 1 spiro atoms. The van der Waals surface area contributed by atoms with Gasteiger partial charge in [0.1, 0.15) is 6.04 Å². The summed E-state index contributed by atoms with van der Waals surface area (Å²) in [6.07, 6.45) is 2.06. The summed E-state index contributed by atoms with van der Waals surface area (Å²) in [6.45, 7) is 10.7. The van der Waals surface area contributed by atoms with Crippen LogP contribution in [-0.4, -0.2) is 112 Å². The molecule has 204 valence electrons. The van der Waals surface area contributed by atoms with Gasteiger partial charge in [-0.3, -0.25) is 19.3 Å². The van der Waals surface area contributed by atoms with E-state index >= 15 is 0 Å². The first-order valence-electron chi connectivity index (χ1n) is 13.4. The van der Waals surface area contributed by atoms with Gasteiger partial charge < -0.3 is 25.4 Å². The lowest BCUT2D eigenvalue weighted by Gasteiger charge is -2.38. The first kappa shape index (κ1) is 28.1. The molecule has 3 amide bonds.